The van der Waals surface area contributed by atoms with Crippen LogP contribution in [-0.2, 0) is 10.2 Å². The van der Waals surface area contributed by atoms with E-state index in [4.69, 9.17) is 11.6 Å². The topological polar surface area (TPSA) is 49.3 Å². The summed E-state index contributed by atoms with van der Waals surface area (Å²) in [5, 5.41) is 13.4. The molecule has 0 aliphatic heterocycles. The number of aliphatic hydroxyl groups is 1. The van der Waals surface area contributed by atoms with Crippen molar-refractivity contribution in [2.45, 2.75) is 37.2 Å². The number of halogens is 1. The molecule has 2 N–H and O–H groups in total. The van der Waals surface area contributed by atoms with Crippen LogP contribution >= 0.6 is 11.6 Å². The molecule has 1 aromatic carbocycles. The number of carbonyl (C=O) groups is 1. The smallest absolute Gasteiger partial charge is 0.230 e. The van der Waals surface area contributed by atoms with Gasteiger partial charge in [0.25, 0.3) is 0 Å². The second-order valence-electron chi connectivity index (χ2n) is 5.70. The first kappa shape index (κ1) is 12.9. The molecule has 0 bridgehead atoms. The molecule has 1 atom stereocenters. The van der Waals surface area contributed by atoms with Gasteiger partial charge in [0.15, 0.2) is 0 Å². The Labute approximate surface area is 118 Å². The van der Waals surface area contributed by atoms with Crippen LogP contribution in [-0.4, -0.2) is 23.7 Å². The zero-order valence-corrected chi connectivity index (χ0v) is 11.5. The highest BCUT2D eigenvalue weighted by Gasteiger charge is 2.51. The van der Waals surface area contributed by atoms with Gasteiger partial charge >= 0.3 is 0 Å². The molecule has 2 saturated carbocycles. The van der Waals surface area contributed by atoms with Gasteiger partial charge in [-0.05, 0) is 49.3 Å². The minimum atomic E-state index is -0.384. The fourth-order valence-corrected chi connectivity index (χ4v) is 2.68. The van der Waals surface area contributed by atoms with Crippen molar-refractivity contribution < 1.29 is 9.90 Å². The van der Waals surface area contributed by atoms with Gasteiger partial charge in [-0.1, -0.05) is 23.7 Å². The normalized spacial score (nSPS) is 21.8. The van der Waals surface area contributed by atoms with Crippen molar-refractivity contribution in [1.29, 1.82) is 0 Å². The largest absolute Gasteiger partial charge is 0.391 e. The summed E-state index contributed by atoms with van der Waals surface area (Å²) < 4.78 is 0. The standard InChI is InChI=1S/C15H18ClNO2/c16-12-5-3-11(4-6-12)15(7-8-15)14(19)17-9-13(18)10-1-2-10/h3-6,10,13,18H,1-2,7-9H2,(H,17,19). The highest BCUT2D eigenvalue weighted by atomic mass is 35.5. The first-order valence-corrected chi connectivity index (χ1v) is 7.22. The third-order valence-corrected chi connectivity index (χ3v) is 4.47. The zero-order valence-electron chi connectivity index (χ0n) is 10.7. The van der Waals surface area contributed by atoms with Crippen molar-refractivity contribution in [2.75, 3.05) is 6.54 Å². The molecule has 3 rings (SSSR count). The quantitative estimate of drug-likeness (QED) is 0.869. The van der Waals surface area contributed by atoms with Crippen LogP contribution in [0.5, 0.6) is 0 Å². The summed E-state index contributed by atoms with van der Waals surface area (Å²) in [6.45, 7) is 0.374. The van der Waals surface area contributed by atoms with E-state index in [0.717, 1.165) is 31.2 Å². The van der Waals surface area contributed by atoms with Crippen molar-refractivity contribution in [3.8, 4) is 0 Å². The molecule has 4 heteroatoms. The second kappa shape index (κ2) is 4.80. The monoisotopic (exact) mass is 279 g/mol. The SMILES string of the molecule is O=C(NCC(O)C1CC1)C1(c2ccc(Cl)cc2)CC1. The third-order valence-electron chi connectivity index (χ3n) is 4.22. The van der Waals surface area contributed by atoms with E-state index >= 15 is 0 Å². The van der Waals surface area contributed by atoms with Crippen LogP contribution in [0.1, 0.15) is 31.2 Å². The predicted molar refractivity (Wildman–Crippen MR) is 74.1 cm³/mol. The molecule has 1 amide bonds. The summed E-state index contributed by atoms with van der Waals surface area (Å²) in [5.74, 6) is 0.431. The van der Waals surface area contributed by atoms with Gasteiger partial charge in [-0.15, -0.1) is 0 Å². The van der Waals surface area contributed by atoms with E-state index in [0.29, 0.717) is 17.5 Å². The molecule has 0 heterocycles. The van der Waals surface area contributed by atoms with Crippen molar-refractivity contribution in [1.82, 2.24) is 5.32 Å². The summed E-state index contributed by atoms with van der Waals surface area (Å²) in [4.78, 5) is 12.3. The first-order valence-electron chi connectivity index (χ1n) is 6.84. The molecule has 102 valence electrons. The van der Waals surface area contributed by atoms with Crippen molar-refractivity contribution in [3.05, 3.63) is 34.9 Å². The van der Waals surface area contributed by atoms with Gasteiger partial charge in [-0.25, -0.2) is 0 Å². The van der Waals surface area contributed by atoms with E-state index < -0.39 is 0 Å². The van der Waals surface area contributed by atoms with E-state index in [9.17, 15) is 9.90 Å². The molecule has 0 spiro atoms. The van der Waals surface area contributed by atoms with E-state index in [2.05, 4.69) is 5.32 Å². The fraction of sp³-hybridized carbons (Fsp3) is 0.533. The molecule has 3 nitrogen and oxygen atoms in total. The minimum absolute atomic E-state index is 0.0366. The zero-order chi connectivity index (χ0) is 13.5. The highest BCUT2D eigenvalue weighted by molar-refractivity contribution is 6.30. The number of amides is 1. The summed E-state index contributed by atoms with van der Waals surface area (Å²) in [6.07, 6.45) is 3.53. The van der Waals surface area contributed by atoms with Crippen LogP contribution in [0, 0.1) is 5.92 Å². The average Bonchev–Trinajstić information content (AvgIpc) is 3.29. The molecule has 2 fully saturated rings. The van der Waals surface area contributed by atoms with Crippen LogP contribution in [0.25, 0.3) is 0 Å². The lowest BCUT2D eigenvalue weighted by Gasteiger charge is -2.17. The molecule has 1 unspecified atom stereocenters. The van der Waals surface area contributed by atoms with Crippen LogP contribution in [0.2, 0.25) is 5.02 Å². The van der Waals surface area contributed by atoms with Crippen LogP contribution in [0.3, 0.4) is 0 Å². The Morgan fingerprint density at radius 2 is 2.00 bits per heavy atom. The average molecular weight is 280 g/mol. The third kappa shape index (κ3) is 2.63. The van der Waals surface area contributed by atoms with Crippen LogP contribution < -0.4 is 5.32 Å². The van der Waals surface area contributed by atoms with E-state index in [1.165, 1.54) is 0 Å². The van der Waals surface area contributed by atoms with Gasteiger partial charge in [-0.3, -0.25) is 4.79 Å². The number of hydrogen-bond donors (Lipinski definition) is 2. The Balaban J connectivity index is 1.63. The maximum atomic E-state index is 12.3. The summed E-state index contributed by atoms with van der Waals surface area (Å²) in [7, 11) is 0. The summed E-state index contributed by atoms with van der Waals surface area (Å²) in [5.41, 5.74) is 0.642. The van der Waals surface area contributed by atoms with Gasteiger partial charge in [-0.2, -0.15) is 0 Å². The van der Waals surface area contributed by atoms with Gasteiger partial charge in [0.05, 0.1) is 11.5 Å². The lowest BCUT2D eigenvalue weighted by Crippen LogP contribution is -2.39. The Morgan fingerprint density at radius 1 is 1.37 bits per heavy atom. The highest BCUT2D eigenvalue weighted by Crippen LogP contribution is 2.48. The van der Waals surface area contributed by atoms with Crippen molar-refractivity contribution in [3.63, 3.8) is 0 Å². The van der Waals surface area contributed by atoms with Crippen LogP contribution in [0.15, 0.2) is 24.3 Å². The minimum Gasteiger partial charge on any atom is -0.391 e. The number of benzene rings is 1. The number of nitrogens with one attached hydrogen (secondary N) is 1. The maximum Gasteiger partial charge on any atom is 0.230 e. The van der Waals surface area contributed by atoms with Gasteiger partial charge < -0.3 is 10.4 Å². The molecule has 0 radical (unpaired) electrons. The molecule has 1 aromatic rings. The fourth-order valence-electron chi connectivity index (χ4n) is 2.55. The number of aliphatic hydroxyl groups excluding tert-OH is 1. The Bertz CT molecular complexity index is 477. The lowest BCUT2D eigenvalue weighted by atomic mass is 9.95. The van der Waals surface area contributed by atoms with Crippen molar-refractivity contribution >= 4 is 17.5 Å². The molecule has 2 aliphatic carbocycles. The Morgan fingerprint density at radius 3 is 2.53 bits per heavy atom. The predicted octanol–water partition coefficient (Wildman–Crippen LogP) is 2.26. The molecule has 0 saturated heterocycles. The molecule has 2 aliphatic rings. The molecule has 19 heavy (non-hydrogen) atoms. The van der Waals surface area contributed by atoms with Crippen LogP contribution in [0.4, 0.5) is 0 Å². The Kier molecular flexibility index (Phi) is 3.27. The second-order valence-corrected chi connectivity index (χ2v) is 6.14. The van der Waals surface area contributed by atoms with E-state index in [1.54, 1.807) is 0 Å². The molecular formula is C15H18ClNO2. The number of hydrogen-bond acceptors (Lipinski definition) is 2. The number of carbonyl (C=O) groups excluding carboxylic acids is 1. The summed E-state index contributed by atoms with van der Waals surface area (Å²) >= 11 is 5.87. The van der Waals surface area contributed by atoms with Crippen molar-refractivity contribution in [2.24, 2.45) is 5.92 Å². The summed E-state index contributed by atoms with van der Waals surface area (Å²) in [6, 6.07) is 7.49. The molecule has 0 aromatic heterocycles. The maximum absolute atomic E-state index is 12.3. The number of rotatable bonds is 5. The van der Waals surface area contributed by atoms with E-state index in [1.807, 2.05) is 24.3 Å². The van der Waals surface area contributed by atoms with Gasteiger partial charge in [0, 0.05) is 11.6 Å². The first-order chi connectivity index (χ1) is 9.12. The Hall–Kier alpha value is -1.06. The van der Waals surface area contributed by atoms with E-state index in [-0.39, 0.29) is 17.4 Å². The van der Waals surface area contributed by atoms with Gasteiger partial charge in [0.1, 0.15) is 0 Å². The van der Waals surface area contributed by atoms with Gasteiger partial charge in [0.2, 0.25) is 5.91 Å². The molecular weight excluding hydrogens is 262 g/mol. The lowest BCUT2D eigenvalue weighted by molar-refractivity contribution is -0.124.